The molecule has 1 aromatic heterocycles. The number of hydrogen-bond acceptors (Lipinski definition) is 2. The molecule has 1 aromatic carbocycles. The number of fused-ring (bicyclic) bond motifs is 1. The molecule has 0 aliphatic carbocycles. The minimum Gasteiger partial charge on any atom is -0.383 e. The summed E-state index contributed by atoms with van der Waals surface area (Å²) < 4.78 is 41.6. The zero-order valence-corrected chi connectivity index (χ0v) is 11.0. The van der Waals surface area contributed by atoms with E-state index >= 15 is 0 Å². The molecule has 1 unspecified atom stereocenters. The fourth-order valence-corrected chi connectivity index (χ4v) is 2.75. The molecule has 3 nitrogen and oxygen atoms in total. The third-order valence-corrected chi connectivity index (χ3v) is 3.74. The van der Waals surface area contributed by atoms with E-state index in [0.717, 1.165) is 37.2 Å². The predicted molar refractivity (Wildman–Crippen MR) is 69.6 cm³/mol. The van der Waals surface area contributed by atoms with E-state index in [1.165, 1.54) is 0 Å². The van der Waals surface area contributed by atoms with Gasteiger partial charge in [0.15, 0.2) is 17.5 Å². The number of aryl methyl sites for hydroxylation is 1. The lowest BCUT2D eigenvalue weighted by Crippen LogP contribution is -2.16. The Morgan fingerprint density at radius 1 is 1.25 bits per heavy atom. The van der Waals surface area contributed by atoms with Crippen LogP contribution in [0.5, 0.6) is 0 Å². The maximum absolute atomic E-state index is 13.3. The summed E-state index contributed by atoms with van der Waals surface area (Å²) in [5, 5.41) is 0. The number of nitrogens with two attached hydrogens (primary N) is 1. The van der Waals surface area contributed by atoms with Crippen LogP contribution in [0.15, 0.2) is 12.1 Å². The van der Waals surface area contributed by atoms with Gasteiger partial charge in [-0.2, -0.15) is 0 Å². The summed E-state index contributed by atoms with van der Waals surface area (Å²) in [5.41, 5.74) is 6.52. The van der Waals surface area contributed by atoms with Crippen molar-refractivity contribution in [3.05, 3.63) is 35.4 Å². The minimum absolute atomic E-state index is 0.160. The van der Waals surface area contributed by atoms with Crippen LogP contribution in [0.4, 0.5) is 19.0 Å². The van der Waals surface area contributed by atoms with E-state index in [-0.39, 0.29) is 11.6 Å². The van der Waals surface area contributed by atoms with Gasteiger partial charge in [0, 0.05) is 18.0 Å². The Labute approximate surface area is 114 Å². The minimum atomic E-state index is -1.48. The molecule has 1 atom stereocenters. The van der Waals surface area contributed by atoms with Gasteiger partial charge in [-0.05, 0) is 31.9 Å². The SMILES string of the molecule is CC1CCCc2nc(-c3cc(F)c(F)c(F)c3)c(N)n21. The smallest absolute Gasteiger partial charge is 0.194 e. The summed E-state index contributed by atoms with van der Waals surface area (Å²) in [5.74, 6) is -2.78. The first-order chi connectivity index (χ1) is 9.49. The van der Waals surface area contributed by atoms with Crippen molar-refractivity contribution in [2.75, 3.05) is 5.73 Å². The van der Waals surface area contributed by atoms with Crippen LogP contribution in [-0.4, -0.2) is 9.55 Å². The van der Waals surface area contributed by atoms with Gasteiger partial charge in [-0.25, -0.2) is 18.2 Å². The molecule has 2 N–H and O–H groups in total. The van der Waals surface area contributed by atoms with Crippen LogP contribution in [0.2, 0.25) is 0 Å². The Kier molecular flexibility index (Phi) is 2.96. The maximum atomic E-state index is 13.3. The van der Waals surface area contributed by atoms with Gasteiger partial charge in [0.25, 0.3) is 0 Å². The molecule has 0 saturated heterocycles. The standard InChI is InChI=1S/C14H14F3N3/c1-7-3-2-4-11-19-13(14(18)20(7)11)8-5-9(15)12(17)10(16)6-8/h5-7H,2-4,18H2,1H3. The van der Waals surface area contributed by atoms with Crippen LogP contribution in [0.3, 0.4) is 0 Å². The molecular weight excluding hydrogens is 267 g/mol. The number of aromatic nitrogens is 2. The average molecular weight is 281 g/mol. The summed E-state index contributed by atoms with van der Waals surface area (Å²) in [6.45, 7) is 2.02. The monoisotopic (exact) mass is 281 g/mol. The topological polar surface area (TPSA) is 43.8 Å². The summed E-state index contributed by atoms with van der Waals surface area (Å²) in [6, 6.07) is 2.05. The highest BCUT2D eigenvalue weighted by Gasteiger charge is 2.24. The van der Waals surface area contributed by atoms with Gasteiger partial charge in [-0.3, -0.25) is 0 Å². The predicted octanol–water partition coefficient (Wildman–Crippen LogP) is 3.45. The summed E-state index contributed by atoms with van der Waals surface area (Å²) in [7, 11) is 0. The van der Waals surface area contributed by atoms with Gasteiger partial charge >= 0.3 is 0 Å². The lowest BCUT2D eigenvalue weighted by Gasteiger charge is -2.22. The molecule has 0 radical (unpaired) electrons. The number of hydrogen-bond donors (Lipinski definition) is 1. The third kappa shape index (κ3) is 1.87. The van der Waals surface area contributed by atoms with Gasteiger partial charge in [0.2, 0.25) is 0 Å². The number of anilines is 1. The van der Waals surface area contributed by atoms with Crippen LogP contribution in [0.1, 0.15) is 31.6 Å². The summed E-state index contributed by atoms with van der Waals surface area (Å²) >= 11 is 0. The zero-order valence-electron chi connectivity index (χ0n) is 11.0. The van der Waals surface area contributed by atoms with E-state index in [9.17, 15) is 13.2 Å². The van der Waals surface area contributed by atoms with Crippen LogP contribution in [0, 0.1) is 17.5 Å². The lowest BCUT2D eigenvalue weighted by molar-refractivity contribution is 0.430. The molecule has 1 aliphatic heterocycles. The quantitative estimate of drug-likeness (QED) is 0.814. The molecule has 3 rings (SSSR count). The van der Waals surface area contributed by atoms with Crippen molar-refractivity contribution < 1.29 is 13.2 Å². The Hall–Kier alpha value is -1.98. The van der Waals surface area contributed by atoms with Gasteiger partial charge in [0.05, 0.1) is 0 Å². The van der Waals surface area contributed by atoms with Crippen molar-refractivity contribution >= 4 is 5.82 Å². The largest absolute Gasteiger partial charge is 0.383 e. The van der Waals surface area contributed by atoms with Crippen molar-refractivity contribution in [1.29, 1.82) is 0 Å². The van der Waals surface area contributed by atoms with E-state index in [0.29, 0.717) is 11.5 Å². The molecule has 0 amide bonds. The Balaban J connectivity index is 2.16. The molecule has 2 aromatic rings. The van der Waals surface area contributed by atoms with E-state index < -0.39 is 17.5 Å². The number of benzene rings is 1. The molecule has 0 fully saturated rings. The number of imidazole rings is 1. The first-order valence-corrected chi connectivity index (χ1v) is 6.50. The fourth-order valence-electron chi connectivity index (χ4n) is 2.75. The fraction of sp³-hybridized carbons (Fsp3) is 0.357. The Morgan fingerprint density at radius 2 is 1.90 bits per heavy atom. The number of halogens is 3. The Bertz CT molecular complexity index is 656. The zero-order chi connectivity index (χ0) is 14.4. The molecule has 1 aliphatic rings. The second kappa shape index (κ2) is 4.54. The third-order valence-electron chi connectivity index (χ3n) is 3.74. The second-order valence-electron chi connectivity index (χ2n) is 5.13. The molecule has 20 heavy (non-hydrogen) atoms. The molecular formula is C14H14F3N3. The molecule has 0 bridgehead atoms. The second-order valence-corrected chi connectivity index (χ2v) is 5.13. The maximum Gasteiger partial charge on any atom is 0.194 e. The van der Waals surface area contributed by atoms with Crippen molar-refractivity contribution in [1.82, 2.24) is 9.55 Å². The van der Waals surface area contributed by atoms with E-state index in [2.05, 4.69) is 4.98 Å². The highest BCUT2D eigenvalue weighted by Crippen LogP contribution is 2.34. The number of nitrogen functional groups attached to an aromatic ring is 1. The molecule has 6 heteroatoms. The number of nitrogens with zero attached hydrogens (tertiary/aromatic N) is 2. The van der Waals surface area contributed by atoms with Crippen molar-refractivity contribution in [2.24, 2.45) is 0 Å². The Morgan fingerprint density at radius 3 is 2.50 bits per heavy atom. The van der Waals surface area contributed by atoms with Crippen molar-refractivity contribution in [2.45, 2.75) is 32.2 Å². The molecule has 106 valence electrons. The summed E-state index contributed by atoms with van der Waals surface area (Å²) in [4.78, 5) is 4.37. The normalized spacial score (nSPS) is 18.1. The first-order valence-electron chi connectivity index (χ1n) is 6.50. The van der Waals surface area contributed by atoms with Gasteiger partial charge < -0.3 is 10.3 Å². The highest BCUT2D eigenvalue weighted by atomic mass is 19.2. The van der Waals surface area contributed by atoms with Crippen molar-refractivity contribution in [3.8, 4) is 11.3 Å². The lowest BCUT2D eigenvalue weighted by atomic mass is 10.1. The molecule has 2 heterocycles. The average Bonchev–Trinajstić information content (AvgIpc) is 2.74. The van der Waals surface area contributed by atoms with Crippen LogP contribution in [0.25, 0.3) is 11.3 Å². The molecule has 0 spiro atoms. The van der Waals surface area contributed by atoms with Crippen LogP contribution < -0.4 is 5.73 Å². The van der Waals surface area contributed by atoms with Gasteiger partial charge in [-0.1, -0.05) is 0 Å². The van der Waals surface area contributed by atoms with Crippen LogP contribution in [-0.2, 0) is 6.42 Å². The highest BCUT2D eigenvalue weighted by molar-refractivity contribution is 5.71. The van der Waals surface area contributed by atoms with E-state index in [1.54, 1.807) is 0 Å². The first kappa shape index (κ1) is 13.0. The van der Waals surface area contributed by atoms with E-state index in [1.807, 2.05) is 11.5 Å². The van der Waals surface area contributed by atoms with E-state index in [4.69, 9.17) is 5.73 Å². The van der Waals surface area contributed by atoms with Crippen molar-refractivity contribution in [3.63, 3.8) is 0 Å². The van der Waals surface area contributed by atoms with Crippen LogP contribution >= 0.6 is 0 Å². The van der Waals surface area contributed by atoms with Gasteiger partial charge in [-0.15, -0.1) is 0 Å². The number of rotatable bonds is 1. The summed E-state index contributed by atoms with van der Waals surface area (Å²) in [6.07, 6.45) is 2.77. The van der Waals surface area contributed by atoms with Gasteiger partial charge in [0.1, 0.15) is 17.3 Å². The molecule has 0 saturated carbocycles.